The topological polar surface area (TPSA) is 0 Å². The van der Waals surface area contributed by atoms with E-state index in [0.29, 0.717) is 0 Å². The number of hydrogen-bond donors (Lipinski definition) is 0. The normalized spacial score (nSPS) is 11.4. The van der Waals surface area contributed by atoms with Crippen molar-refractivity contribution in [1.29, 1.82) is 0 Å². The first-order valence-corrected chi connectivity index (χ1v) is 6.36. The van der Waals surface area contributed by atoms with Crippen LogP contribution in [-0.2, 0) is 0 Å². The fourth-order valence-corrected chi connectivity index (χ4v) is 1.94. The Morgan fingerprint density at radius 3 is 2.33 bits per heavy atom. The number of allylic oxidation sites excluding steroid dienone is 2. The number of halogens is 2. The molecule has 2 aromatic carbocycles. The third-order valence-electron chi connectivity index (χ3n) is 2.43. The van der Waals surface area contributed by atoms with E-state index >= 15 is 0 Å². The molecule has 0 amide bonds. The van der Waals surface area contributed by atoms with Crippen molar-refractivity contribution < 1.29 is 0 Å². The molecule has 0 aliphatic heterocycles. The van der Waals surface area contributed by atoms with Crippen LogP contribution in [0.3, 0.4) is 0 Å². The zero-order chi connectivity index (χ0) is 12.8. The minimum atomic E-state index is 0.743. The maximum absolute atomic E-state index is 6.05. The van der Waals surface area contributed by atoms with Crippen molar-refractivity contribution in [2.45, 2.75) is 0 Å². The summed E-state index contributed by atoms with van der Waals surface area (Å²) >= 11 is 12.0. The molecule has 90 valence electrons. The summed E-state index contributed by atoms with van der Waals surface area (Å²) in [6.07, 6.45) is 7.90. The number of benzene rings is 2. The van der Waals surface area contributed by atoms with Crippen molar-refractivity contribution >= 4 is 35.4 Å². The maximum atomic E-state index is 6.05. The van der Waals surface area contributed by atoms with Gasteiger partial charge >= 0.3 is 0 Å². The first-order chi connectivity index (χ1) is 8.75. The van der Waals surface area contributed by atoms with Crippen LogP contribution in [-0.4, -0.2) is 0 Å². The number of hydrogen-bond acceptors (Lipinski definition) is 0. The lowest BCUT2D eigenvalue weighted by atomic mass is 10.2. The van der Waals surface area contributed by atoms with E-state index in [1.54, 1.807) is 0 Å². The molecule has 0 N–H and O–H groups in total. The lowest BCUT2D eigenvalue weighted by Crippen LogP contribution is -1.72. The van der Waals surface area contributed by atoms with Crippen LogP contribution in [0, 0.1) is 0 Å². The van der Waals surface area contributed by atoms with Gasteiger partial charge in [-0.3, -0.25) is 0 Å². The highest BCUT2D eigenvalue weighted by molar-refractivity contribution is 6.32. The van der Waals surface area contributed by atoms with Gasteiger partial charge in [-0.15, -0.1) is 0 Å². The molecule has 0 heterocycles. The van der Waals surface area contributed by atoms with Crippen LogP contribution >= 0.6 is 23.2 Å². The van der Waals surface area contributed by atoms with Crippen LogP contribution in [0.4, 0.5) is 0 Å². The maximum Gasteiger partial charge on any atom is 0.0478 e. The van der Waals surface area contributed by atoms with Crippen LogP contribution < -0.4 is 0 Å². The summed E-state index contributed by atoms with van der Waals surface area (Å²) in [6.45, 7) is 0. The lowest BCUT2D eigenvalue weighted by molar-refractivity contribution is 1.65. The molecule has 0 aromatic heterocycles. The predicted octanol–water partition coefficient (Wildman–Crippen LogP) is 5.72. The molecule has 2 rings (SSSR count). The van der Waals surface area contributed by atoms with Crippen molar-refractivity contribution in [1.82, 2.24) is 0 Å². The molecule has 0 radical (unpaired) electrons. The molecule has 0 nitrogen and oxygen atoms in total. The van der Waals surface area contributed by atoms with Crippen molar-refractivity contribution in [2.24, 2.45) is 0 Å². The Bertz CT molecular complexity index is 583. The number of rotatable bonds is 3. The van der Waals surface area contributed by atoms with E-state index in [-0.39, 0.29) is 0 Å². The summed E-state index contributed by atoms with van der Waals surface area (Å²) in [6, 6.07) is 15.5. The van der Waals surface area contributed by atoms with Gasteiger partial charge in [0.15, 0.2) is 0 Å². The summed E-state index contributed by atoms with van der Waals surface area (Å²) in [7, 11) is 0. The van der Waals surface area contributed by atoms with E-state index in [1.165, 1.54) is 0 Å². The van der Waals surface area contributed by atoms with E-state index in [0.717, 1.165) is 21.2 Å². The first-order valence-electron chi connectivity index (χ1n) is 5.60. The largest absolute Gasteiger partial charge is 0.0843 e. The Balaban J connectivity index is 2.06. The Morgan fingerprint density at radius 2 is 1.56 bits per heavy atom. The monoisotopic (exact) mass is 274 g/mol. The second kappa shape index (κ2) is 6.44. The molecule has 0 saturated heterocycles. The predicted molar refractivity (Wildman–Crippen MR) is 81.0 cm³/mol. The highest BCUT2D eigenvalue weighted by Gasteiger charge is 1.91. The van der Waals surface area contributed by atoms with Gasteiger partial charge in [-0.25, -0.2) is 0 Å². The van der Waals surface area contributed by atoms with Gasteiger partial charge in [0.05, 0.1) is 0 Å². The molecule has 0 unspecified atom stereocenters. The van der Waals surface area contributed by atoms with Gasteiger partial charge in [0.2, 0.25) is 0 Å². The molecule has 0 aliphatic rings. The average molecular weight is 275 g/mol. The second-order valence-corrected chi connectivity index (χ2v) is 4.64. The van der Waals surface area contributed by atoms with Crippen LogP contribution in [0.5, 0.6) is 0 Å². The van der Waals surface area contributed by atoms with E-state index in [2.05, 4.69) is 0 Å². The molecule has 18 heavy (non-hydrogen) atoms. The van der Waals surface area contributed by atoms with Crippen molar-refractivity contribution in [3.05, 3.63) is 81.9 Å². The summed E-state index contributed by atoms with van der Waals surface area (Å²) in [5.41, 5.74) is 2.08. The van der Waals surface area contributed by atoms with Crippen LogP contribution in [0.2, 0.25) is 10.0 Å². The SMILES string of the molecule is Clc1cccc(C=CC=Cc2ccccc2Cl)c1. The lowest BCUT2D eigenvalue weighted by Gasteiger charge is -1.95. The fourth-order valence-electron chi connectivity index (χ4n) is 1.55. The smallest absolute Gasteiger partial charge is 0.0478 e. The summed E-state index contributed by atoms with van der Waals surface area (Å²) < 4.78 is 0. The first kappa shape index (κ1) is 12.9. The van der Waals surface area contributed by atoms with Crippen molar-refractivity contribution in [3.8, 4) is 0 Å². The van der Waals surface area contributed by atoms with Gasteiger partial charge in [-0.05, 0) is 29.3 Å². The van der Waals surface area contributed by atoms with Gasteiger partial charge < -0.3 is 0 Å². The van der Waals surface area contributed by atoms with Crippen molar-refractivity contribution in [2.75, 3.05) is 0 Å². The van der Waals surface area contributed by atoms with E-state index in [4.69, 9.17) is 23.2 Å². The summed E-state index contributed by atoms with van der Waals surface area (Å²) in [5.74, 6) is 0. The summed E-state index contributed by atoms with van der Waals surface area (Å²) in [4.78, 5) is 0. The van der Waals surface area contributed by atoms with E-state index in [1.807, 2.05) is 72.8 Å². The Kier molecular flexibility index (Phi) is 4.63. The molecule has 2 aromatic rings. The quantitative estimate of drug-likeness (QED) is 0.628. The molecule has 0 bridgehead atoms. The van der Waals surface area contributed by atoms with Crippen LogP contribution in [0.15, 0.2) is 60.7 Å². The highest BCUT2D eigenvalue weighted by atomic mass is 35.5. The molecule has 0 fully saturated rings. The van der Waals surface area contributed by atoms with Gasteiger partial charge in [-0.1, -0.05) is 77.8 Å². The molecular formula is C16H12Cl2. The van der Waals surface area contributed by atoms with E-state index in [9.17, 15) is 0 Å². The zero-order valence-electron chi connectivity index (χ0n) is 9.68. The van der Waals surface area contributed by atoms with E-state index < -0.39 is 0 Å². The zero-order valence-corrected chi connectivity index (χ0v) is 11.2. The fraction of sp³-hybridized carbons (Fsp3) is 0. The highest BCUT2D eigenvalue weighted by Crippen LogP contribution is 2.16. The Hall–Kier alpha value is -1.50. The van der Waals surface area contributed by atoms with Gasteiger partial charge in [0, 0.05) is 10.0 Å². The second-order valence-electron chi connectivity index (χ2n) is 3.79. The standard InChI is InChI=1S/C16H12Cl2/c17-15-10-5-7-13(12-15)6-1-2-8-14-9-3-4-11-16(14)18/h1-12H. The van der Waals surface area contributed by atoms with Gasteiger partial charge in [0.1, 0.15) is 0 Å². The van der Waals surface area contributed by atoms with Crippen LogP contribution in [0.1, 0.15) is 11.1 Å². The Morgan fingerprint density at radius 1 is 0.778 bits per heavy atom. The molecule has 0 atom stereocenters. The van der Waals surface area contributed by atoms with Gasteiger partial charge in [-0.2, -0.15) is 0 Å². The Labute approximate surface area is 117 Å². The molecule has 0 saturated carbocycles. The third kappa shape index (κ3) is 3.76. The molecule has 2 heteroatoms. The minimum Gasteiger partial charge on any atom is -0.0843 e. The third-order valence-corrected chi connectivity index (χ3v) is 3.01. The van der Waals surface area contributed by atoms with Crippen LogP contribution in [0.25, 0.3) is 12.2 Å². The molecular weight excluding hydrogens is 263 g/mol. The summed E-state index contributed by atoms with van der Waals surface area (Å²) in [5, 5.41) is 1.50. The van der Waals surface area contributed by atoms with Crippen molar-refractivity contribution in [3.63, 3.8) is 0 Å². The molecule has 0 spiro atoms. The van der Waals surface area contributed by atoms with Gasteiger partial charge in [0.25, 0.3) is 0 Å². The minimum absolute atomic E-state index is 0.743. The molecule has 0 aliphatic carbocycles. The average Bonchev–Trinajstić information content (AvgIpc) is 2.37.